The molecule has 3 heterocycles. The Kier molecular flexibility index (Phi) is 8.73. The number of fused-ring (bicyclic) bond motifs is 1. The van der Waals surface area contributed by atoms with Crippen LogP contribution >= 0.6 is 0 Å². The number of aromatic nitrogens is 8. The summed E-state index contributed by atoms with van der Waals surface area (Å²) in [6.45, 7) is 4.39. The van der Waals surface area contributed by atoms with Crippen molar-refractivity contribution >= 4 is 11.2 Å². The van der Waals surface area contributed by atoms with Crippen LogP contribution in [0, 0.1) is 0 Å². The van der Waals surface area contributed by atoms with Gasteiger partial charge in [0.25, 0.3) is 5.56 Å². The summed E-state index contributed by atoms with van der Waals surface area (Å²) in [7, 11) is 0. The molecule has 1 N–H and O–H groups in total. The average Bonchev–Trinajstić information content (AvgIpc) is 3.85. The van der Waals surface area contributed by atoms with E-state index in [-0.39, 0.29) is 23.2 Å². The fraction of sp³-hybridized carbons (Fsp3) is 0.268. The summed E-state index contributed by atoms with van der Waals surface area (Å²) in [4.78, 5) is 34.7. The second kappa shape index (κ2) is 13.8. The maximum atomic E-state index is 14.8. The molecular weight excluding hydrogens is 637 g/mol. The van der Waals surface area contributed by atoms with Crippen LogP contribution in [0.15, 0.2) is 119 Å². The molecule has 0 saturated heterocycles. The van der Waals surface area contributed by atoms with Gasteiger partial charge in [0.1, 0.15) is 5.82 Å². The molecule has 2 atom stereocenters. The van der Waals surface area contributed by atoms with Gasteiger partial charge in [-0.05, 0) is 59.7 Å². The number of imidazole rings is 1. The number of tetrazole rings is 1. The molecule has 256 valence electrons. The molecule has 0 aliphatic heterocycles. The number of benzene rings is 4. The van der Waals surface area contributed by atoms with Crippen molar-refractivity contribution in [2.24, 2.45) is 0 Å². The summed E-state index contributed by atoms with van der Waals surface area (Å²) < 4.78 is 5.28. The molecule has 10 heteroatoms. The van der Waals surface area contributed by atoms with Crippen molar-refractivity contribution in [1.29, 1.82) is 0 Å². The van der Waals surface area contributed by atoms with Crippen molar-refractivity contribution in [3.05, 3.63) is 153 Å². The van der Waals surface area contributed by atoms with Crippen molar-refractivity contribution in [3.8, 4) is 22.5 Å². The fourth-order valence-corrected chi connectivity index (χ4v) is 7.71. The standard InChI is InChI=1S/C41H40N8O2/c1-27(30-14-6-3-7-15-30)48-39-36(40(50)49(41(48)51)28(2)31-16-8-4-9-17-31)47(38(42-39)33-18-10-5-11-19-33)26-29-22-24-32(25-23-29)34-20-12-13-21-35(34)37-43-45-46-44-37/h3-4,6-9,12-17,20-25,27-28,33H,5,10-11,18-19,26H2,1-2H3,(H,43,44,45,46). The highest BCUT2D eigenvalue weighted by Crippen LogP contribution is 2.35. The number of hydrogen-bond acceptors (Lipinski definition) is 6. The van der Waals surface area contributed by atoms with Crippen molar-refractivity contribution < 1.29 is 0 Å². The van der Waals surface area contributed by atoms with E-state index >= 15 is 0 Å². The van der Waals surface area contributed by atoms with Crippen LogP contribution in [-0.2, 0) is 6.54 Å². The molecule has 3 aromatic heterocycles. The zero-order valence-electron chi connectivity index (χ0n) is 28.8. The molecule has 0 radical (unpaired) electrons. The van der Waals surface area contributed by atoms with Crippen LogP contribution in [0.25, 0.3) is 33.7 Å². The van der Waals surface area contributed by atoms with Gasteiger partial charge in [0, 0.05) is 18.0 Å². The van der Waals surface area contributed by atoms with Gasteiger partial charge >= 0.3 is 5.69 Å². The molecule has 7 aromatic rings. The maximum absolute atomic E-state index is 14.8. The van der Waals surface area contributed by atoms with E-state index in [0.29, 0.717) is 23.5 Å². The van der Waals surface area contributed by atoms with Crippen LogP contribution in [0.3, 0.4) is 0 Å². The molecule has 1 fully saturated rings. The molecule has 51 heavy (non-hydrogen) atoms. The maximum Gasteiger partial charge on any atom is 0.333 e. The summed E-state index contributed by atoms with van der Waals surface area (Å²) in [5.41, 5.74) is 6.05. The highest BCUT2D eigenvalue weighted by Gasteiger charge is 2.30. The minimum Gasteiger partial charge on any atom is -0.317 e. The zero-order chi connectivity index (χ0) is 34.9. The van der Waals surface area contributed by atoms with Crippen LogP contribution in [0.4, 0.5) is 0 Å². The zero-order valence-corrected chi connectivity index (χ0v) is 28.8. The lowest BCUT2D eigenvalue weighted by molar-refractivity contribution is 0.419. The van der Waals surface area contributed by atoms with Gasteiger partial charge in [0.15, 0.2) is 11.2 Å². The van der Waals surface area contributed by atoms with Gasteiger partial charge in [-0.25, -0.2) is 9.78 Å². The fourth-order valence-electron chi connectivity index (χ4n) is 7.71. The van der Waals surface area contributed by atoms with E-state index in [1.54, 1.807) is 4.57 Å². The Morgan fingerprint density at radius 2 is 1.33 bits per heavy atom. The Hall–Kier alpha value is -5.90. The summed E-state index contributed by atoms with van der Waals surface area (Å²) in [5.74, 6) is 1.61. The van der Waals surface area contributed by atoms with Crippen molar-refractivity contribution in [2.45, 2.75) is 70.5 Å². The Balaban J connectivity index is 1.31. The molecule has 2 unspecified atom stereocenters. The molecule has 0 spiro atoms. The first-order chi connectivity index (χ1) is 25.0. The molecule has 1 saturated carbocycles. The number of rotatable bonds is 9. The van der Waals surface area contributed by atoms with Crippen molar-refractivity contribution in [3.63, 3.8) is 0 Å². The van der Waals surface area contributed by atoms with Gasteiger partial charge in [0.05, 0.1) is 12.1 Å². The van der Waals surface area contributed by atoms with Gasteiger partial charge < -0.3 is 4.57 Å². The Morgan fingerprint density at radius 3 is 1.96 bits per heavy atom. The molecule has 1 aliphatic rings. The third kappa shape index (κ3) is 6.00. The molecule has 8 rings (SSSR count). The number of nitrogens with one attached hydrogen (secondary N) is 1. The highest BCUT2D eigenvalue weighted by atomic mass is 16.2. The number of aromatic amines is 1. The van der Waals surface area contributed by atoms with Gasteiger partial charge in [0.2, 0.25) is 5.82 Å². The third-order valence-electron chi connectivity index (χ3n) is 10.5. The first-order valence-electron chi connectivity index (χ1n) is 17.8. The molecule has 0 amide bonds. The predicted molar refractivity (Wildman–Crippen MR) is 199 cm³/mol. The number of nitrogens with zero attached hydrogens (tertiary/aromatic N) is 7. The van der Waals surface area contributed by atoms with E-state index in [1.807, 2.05) is 92.7 Å². The summed E-state index contributed by atoms with van der Waals surface area (Å²) in [5, 5.41) is 14.7. The monoisotopic (exact) mass is 676 g/mol. The van der Waals surface area contributed by atoms with Gasteiger partial charge in [-0.15, -0.1) is 10.2 Å². The Bertz CT molecular complexity index is 2390. The summed E-state index contributed by atoms with van der Waals surface area (Å²) in [6, 6.07) is 35.3. The van der Waals surface area contributed by atoms with Gasteiger partial charge in [-0.1, -0.05) is 128 Å². The van der Waals surface area contributed by atoms with E-state index < -0.39 is 6.04 Å². The Morgan fingerprint density at radius 1 is 0.725 bits per heavy atom. The first kappa shape index (κ1) is 32.3. The molecule has 4 aromatic carbocycles. The minimum absolute atomic E-state index is 0.197. The van der Waals surface area contributed by atoms with E-state index in [0.717, 1.165) is 64.9 Å². The van der Waals surface area contributed by atoms with E-state index in [2.05, 4.69) is 55.5 Å². The Labute approximate surface area is 295 Å². The van der Waals surface area contributed by atoms with E-state index in [9.17, 15) is 9.59 Å². The topological polar surface area (TPSA) is 116 Å². The molecule has 10 nitrogen and oxygen atoms in total. The van der Waals surface area contributed by atoms with Gasteiger partial charge in [-0.2, -0.15) is 5.21 Å². The second-order valence-electron chi connectivity index (χ2n) is 13.5. The lowest BCUT2D eigenvalue weighted by Gasteiger charge is -2.23. The number of hydrogen-bond donors (Lipinski definition) is 1. The smallest absolute Gasteiger partial charge is 0.317 e. The second-order valence-corrected chi connectivity index (χ2v) is 13.5. The summed E-state index contributed by atoms with van der Waals surface area (Å²) >= 11 is 0. The average molecular weight is 677 g/mol. The number of H-pyrrole nitrogens is 1. The van der Waals surface area contributed by atoms with Gasteiger partial charge in [-0.3, -0.25) is 13.9 Å². The summed E-state index contributed by atoms with van der Waals surface area (Å²) in [6.07, 6.45) is 5.43. The largest absolute Gasteiger partial charge is 0.333 e. The molecular formula is C41H40N8O2. The highest BCUT2D eigenvalue weighted by molar-refractivity contribution is 5.80. The van der Waals surface area contributed by atoms with E-state index in [4.69, 9.17) is 4.98 Å². The lowest BCUT2D eigenvalue weighted by atomic mass is 9.88. The van der Waals surface area contributed by atoms with Crippen LogP contribution in [-0.4, -0.2) is 39.3 Å². The molecule has 0 bridgehead atoms. The lowest BCUT2D eigenvalue weighted by Crippen LogP contribution is -2.43. The third-order valence-corrected chi connectivity index (χ3v) is 10.5. The van der Waals surface area contributed by atoms with Crippen LogP contribution in [0.5, 0.6) is 0 Å². The minimum atomic E-state index is -0.482. The molecule has 1 aliphatic carbocycles. The SMILES string of the molecule is CC(c1ccccc1)n1c(=O)c2c(nc(C3CCCCC3)n2Cc2ccc(-c3ccccc3-c3nn[nH]n3)cc2)n(C(C)c2ccccc2)c1=O. The first-order valence-corrected chi connectivity index (χ1v) is 17.8. The normalized spacial score (nSPS) is 14.9. The van der Waals surface area contributed by atoms with E-state index in [1.165, 1.54) is 11.0 Å². The quantitative estimate of drug-likeness (QED) is 0.169. The van der Waals surface area contributed by atoms with Crippen LogP contribution < -0.4 is 11.2 Å². The van der Waals surface area contributed by atoms with Crippen molar-refractivity contribution in [1.82, 2.24) is 39.3 Å². The predicted octanol–water partition coefficient (Wildman–Crippen LogP) is 7.52. The van der Waals surface area contributed by atoms with Crippen LogP contribution in [0.2, 0.25) is 0 Å². The van der Waals surface area contributed by atoms with Crippen LogP contribution in [0.1, 0.15) is 86.5 Å². The van der Waals surface area contributed by atoms with Crippen molar-refractivity contribution in [2.75, 3.05) is 0 Å².